The monoisotopic (exact) mass is 296 g/mol. The van der Waals surface area contributed by atoms with Crippen molar-refractivity contribution < 1.29 is 14.6 Å². The van der Waals surface area contributed by atoms with Crippen molar-refractivity contribution in [3.8, 4) is 11.6 Å². The van der Waals surface area contributed by atoms with Gasteiger partial charge in [-0.3, -0.25) is 4.98 Å². The molecule has 0 aliphatic rings. The van der Waals surface area contributed by atoms with Crippen LogP contribution in [0.1, 0.15) is 15.9 Å². The van der Waals surface area contributed by atoms with Gasteiger partial charge in [-0.1, -0.05) is 6.07 Å². The standard InChI is InChI=1S/C15H12N4O3/c20-15(21)12-8-18-19(9-12)14-13(4-2-6-17-14)22-10-11-3-1-5-16-7-11/h1-9H,10H2,(H,20,21). The van der Waals surface area contributed by atoms with E-state index in [9.17, 15) is 4.79 Å². The summed E-state index contributed by atoms with van der Waals surface area (Å²) in [5.74, 6) is -0.106. The molecule has 3 rings (SSSR count). The lowest BCUT2D eigenvalue weighted by atomic mass is 10.3. The maximum Gasteiger partial charge on any atom is 0.338 e. The highest BCUT2D eigenvalue weighted by atomic mass is 16.5. The van der Waals surface area contributed by atoms with Gasteiger partial charge >= 0.3 is 5.97 Å². The zero-order valence-electron chi connectivity index (χ0n) is 11.5. The third kappa shape index (κ3) is 2.93. The Kier molecular flexibility index (Phi) is 3.78. The van der Waals surface area contributed by atoms with Crippen LogP contribution < -0.4 is 4.74 Å². The first-order chi connectivity index (χ1) is 10.7. The second-order valence-electron chi connectivity index (χ2n) is 4.45. The van der Waals surface area contributed by atoms with Gasteiger partial charge in [0.15, 0.2) is 11.6 Å². The highest BCUT2D eigenvalue weighted by molar-refractivity contribution is 5.86. The summed E-state index contributed by atoms with van der Waals surface area (Å²) >= 11 is 0. The third-order valence-corrected chi connectivity index (χ3v) is 2.91. The Morgan fingerprint density at radius 1 is 1.23 bits per heavy atom. The molecular weight excluding hydrogens is 284 g/mol. The molecule has 3 heterocycles. The lowest BCUT2D eigenvalue weighted by molar-refractivity contribution is 0.0697. The van der Waals surface area contributed by atoms with Crippen molar-refractivity contribution in [3.05, 3.63) is 66.4 Å². The average Bonchev–Trinajstić information content (AvgIpc) is 3.04. The molecule has 7 nitrogen and oxygen atoms in total. The summed E-state index contributed by atoms with van der Waals surface area (Å²) in [6.07, 6.45) is 7.65. The molecule has 0 amide bonds. The Labute approximate surface area is 125 Å². The molecule has 0 aliphatic heterocycles. The highest BCUT2D eigenvalue weighted by Gasteiger charge is 2.12. The molecule has 0 saturated heterocycles. The molecule has 0 saturated carbocycles. The fourth-order valence-corrected chi connectivity index (χ4v) is 1.86. The van der Waals surface area contributed by atoms with Gasteiger partial charge in [0.1, 0.15) is 6.61 Å². The van der Waals surface area contributed by atoms with E-state index in [0.29, 0.717) is 18.2 Å². The van der Waals surface area contributed by atoms with Crippen molar-refractivity contribution in [2.75, 3.05) is 0 Å². The topological polar surface area (TPSA) is 90.1 Å². The van der Waals surface area contributed by atoms with E-state index in [4.69, 9.17) is 9.84 Å². The summed E-state index contributed by atoms with van der Waals surface area (Å²) in [5.41, 5.74) is 1.01. The van der Waals surface area contributed by atoms with Crippen LogP contribution in [-0.2, 0) is 6.61 Å². The Balaban J connectivity index is 1.84. The van der Waals surface area contributed by atoms with Crippen LogP contribution >= 0.6 is 0 Å². The number of carboxylic acid groups (broad SMARTS) is 1. The first kappa shape index (κ1) is 13.7. The van der Waals surface area contributed by atoms with Crippen LogP contribution in [0.25, 0.3) is 5.82 Å². The largest absolute Gasteiger partial charge is 0.485 e. The fraction of sp³-hybridized carbons (Fsp3) is 0.0667. The van der Waals surface area contributed by atoms with Gasteiger partial charge in [0.05, 0.1) is 11.8 Å². The van der Waals surface area contributed by atoms with E-state index in [2.05, 4.69) is 15.1 Å². The minimum absolute atomic E-state index is 0.0869. The van der Waals surface area contributed by atoms with Crippen LogP contribution in [0.5, 0.6) is 5.75 Å². The molecule has 0 bridgehead atoms. The van der Waals surface area contributed by atoms with Crippen LogP contribution in [0.4, 0.5) is 0 Å². The predicted octanol–water partition coefficient (Wildman–Crippen LogP) is 1.94. The molecule has 0 aromatic carbocycles. The van der Waals surface area contributed by atoms with Crippen molar-refractivity contribution in [3.63, 3.8) is 0 Å². The number of carboxylic acids is 1. The lowest BCUT2D eigenvalue weighted by Gasteiger charge is -2.10. The summed E-state index contributed by atoms with van der Waals surface area (Å²) < 4.78 is 7.11. The molecule has 110 valence electrons. The van der Waals surface area contributed by atoms with E-state index in [1.54, 1.807) is 30.7 Å². The number of aromatic carboxylic acids is 1. The Morgan fingerprint density at radius 2 is 2.09 bits per heavy atom. The first-order valence-corrected chi connectivity index (χ1v) is 6.49. The van der Waals surface area contributed by atoms with E-state index in [1.807, 2.05) is 12.1 Å². The van der Waals surface area contributed by atoms with E-state index < -0.39 is 5.97 Å². The van der Waals surface area contributed by atoms with Gasteiger partial charge in [0.25, 0.3) is 0 Å². The molecular formula is C15H12N4O3. The van der Waals surface area contributed by atoms with E-state index in [1.165, 1.54) is 17.1 Å². The second kappa shape index (κ2) is 6.04. The molecule has 0 atom stereocenters. The zero-order valence-corrected chi connectivity index (χ0v) is 11.5. The summed E-state index contributed by atoms with van der Waals surface area (Å²) in [4.78, 5) is 19.2. The second-order valence-corrected chi connectivity index (χ2v) is 4.45. The molecule has 3 aromatic rings. The molecule has 22 heavy (non-hydrogen) atoms. The van der Waals surface area contributed by atoms with E-state index >= 15 is 0 Å². The van der Waals surface area contributed by atoms with Gasteiger partial charge in [-0.2, -0.15) is 5.10 Å². The van der Waals surface area contributed by atoms with E-state index in [-0.39, 0.29) is 5.56 Å². The predicted molar refractivity (Wildman–Crippen MR) is 76.9 cm³/mol. The van der Waals surface area contributed by atoms with Gasteiger partial charge < -0.3 is 9.84 Å². The molecule has 0 radical (unpaired) electrons. The smallest absolute Gasteiger partial charge is 0.338 e. The number of aromatic nitrogens is 4. The summed E-state index contributed by atoms with van der Waals surface area (Å²) in [6.45, 7) is 0.333. The van der Waals surface area contributed by atoms with Crippen LogP contribution in [0, 0.1) is 0 Å². The van der Waals surface area contributed by atoms with Gasteiger partial charge in [0, 0.05) is 30.4 Å². The molecule has 1 N–H and O–H groups in total. The number of nitrogens with zero attached hydrogens (tertiary/aromatic N) is 4. The number of carbonyl (C=O) groups is 1. The summed E-state index contributed by atoms with van der Waals surface area (Å²) in [6, 6.07) is 7.22. The minimum atomic E-state index is -1.04. The number of ether oxygens (including phenoxy) is 1. The average molecular weight is 296 g/mol. The fourth-order valence-electron chi connectivity index (χ4n) is 1.86. The van der Waals surface area contributed by atoms with Crippen LogP contribution in [0.15, 0.2) is 55.2 Å². The lowest BCUT2D eigenvalue weighted by Crippen LogP contribution is -2.04. The SMILES string of the molecule is O=C(O)c1cnn(-c2ncccc2OCc2cccnc2)c1. The van der Waals surface area contributed by atoms with Gasteiger partial charge in [-0.25, -0.2) is 14.5 Å². The Bertz CT molecular complexity index is 786. The Hall–Kier alpha value is -3.22. The number of hydrogen-bond acceptors (Lipinski definition) is 5. The van der Waals surface area contributed by atoms with Crippen LogP contribution in [0.2, 0.25) is 0 Å². The van der Waals surface area contributed by atoms with Crippen molar-refractivity contribution in [2.24, 2.45) is 0 Å². The van der Waals surface area contributed by atoms with Crippen molar-refractivity contribution in [1.82, 2.24) is 19.7 Å². The summed E-state index contributed by atoms with van der Waals surface area (Å²) in [5, 5.41) is 13.0. The quantitative estimate of drug-likeness (QED) is 0.773. The van der Waals surface area contributed by atoms with Crippen molar-refractivity contribution >= 4 is 5.97 Å². The van der Waals surface area contributed by atoms with Gasteiger partial charge in [-0.05, 0) is 18.2 Å². The molecule has 0 aliphatic carbocycles. The minimum Gasteiger partial charge on any atom is -0.485 e. The van der Waals surface area contributed by atoms with E-state index in [0.717, 1.165) is 5.56 Å². The van der Waals surface area contributed by atoms with Crippen molar-refractivity contribution in [2.45, 2.75) is 6.61 Å². The molecule has 0 unspecified atom stereocenters. The van der Waals surface area contributed by atoms with Gasteiger partial charge in [0.2, 0.25) is 0 Å². The molecule has 3 aromatic heterocycles. The number of pyridine rings is 2. The Morgan fingerprint density at radius 3 is 2.82 bits per heavy atom. The molecule has 7 heteroatoms. The third-order valence-electron chi connectivity index (χ3n) is 2.91. The number of hydrogen-bond donors (Lipinski definition) is 1. The molecule has 0 fully saturated rings. The maximum absolute atomic E-state index is 10.9. The number of rotatable bonds is 5. The zero-order chi connectivity index (χ0) is 15.4. The van der Waals surface area contributed by atoms with Crippen LogP contribution in [0.3, 0.4) is 0 Å². The molecule has 0 spiro atoms. The summed E-state index contributed by atoms with van der Waals surface area (Å²) in [7, 11) is 0. The van der Waals surface area contributed by atoms with Gasteiger partial charge in [-0.15, -0.1) is 0 Å². The normalized spacial score (nSPS) is 10.4. The van der Waals surface area contributed by atoms with Crippen molar-refractivity contribution in [1.29, 1.82) is 0 Å². The maximum atomic E-state index is 10.9. The highest BCUT2D eigenvalue weighted by Crippen LogP contribution is 2.20. The first-order valence-electron chi connectivity index (χ1n) is 6.49. The van der Waals surface area contributed by atoms with Crippen LogP contribution in [-0.4, -0.2) is 30.8 Å².